The second-order valence-electron chi connectivity index (χ2n) is 5.07. The molecule has 0 saturated carbocycles. The zero-order valence-corrected chi connectivity index (χ0v) is 14.5. The number of aliphatic hydroxyl groups excluding tert-OH is 1. The molecule has 5 nitrogen and oxygen atoms in total. The fourth-order valence-corrected chi connectivity index (χ4v) is 2.80. The van der Waals surface area contributed by atoms with Crippen LogP contribution in [-0.2, 0) is 4.79 Å². The van der Waals surface area contributed by atoms with E-state index in [9.17, 15) is 4.79 Å². The van der Waals surface area contributed by atoms with Crippen LogP contribution in [0.2, 0.25) is 0 Å². The molecular formula is C17H16IN3O2. The van der Waals surface area contributed by atoms with Crippen molar-refractivity contribution >= 4 is 45.6 Å². The van der Waals surface area contributed by atoms with E-state index in [4.69, 9.17) is 5.11 Å². The molecule has 0 aliphatic carbocycles. The Morgan fingerprint density at radius 3 is 2.61 bits per heavy atom. The lowest BCUT2D eigenvalue weighted by Gasteiger charge is -2.17. The van der Waals surface area contributed by atoms with E-state index in [0.29, 0.717) is 18.9 Å². The number of hydrogen-bond donors (Lipinski definition) is 2. The molecule has 0 atom stereocenters. The quantitative estimate of drug-likeness (QED) is 0.576. The standard InChI is InChI=1S/C17H16IN3O2/c18-12-5-7-13(8-6-12)20-16-14-3-1-2-4-15(14)21(17(16)23)11-19-9-10-22/h1-8,19,22H,9-11H2. The van der Waals surface area contributed by atoms with Gasteiger partial charge in [-0.25, -0.2) is 4.99 Å². The minimum atomic E-state index is -0.129. The second kappa shape index (κ2) is 7.20. The van der Waals surface area contributed by atoms with E-state index in [1.807, 2.05) is 48.5 Å². The summed E-state index contributed by atoms with van der Waals surface area (Å²) >= 11 is 2.24. The number of carbonyl (C=O) groups excluding carboxylic acids is 1. The van der Waals surface area contributed by atoms with Gasteiger partial charge in [-0.1, -0.05) is 18.2 Å². The number of halogens is 1. The van der Waals surface area contributed by atoms with E-state index in [1.165, 1.54) is 0 Å². The summed E-state index contributed by atoms with van der Waals surface area (Å²) in [6, 6.07) is 15.3. The molecule has 2 aromatic rings. The van der Waals surface area contributed by atoms with Gasteiger partial charge >= 0.3 is 0 Å². The smallest absolute Gasteiger partial charge is 0.278 e. The fourth-order valence-electron chi connectivity index (χ4n) is 2.44. The highest BCUT2D eigenvalue weighted by atomic mass is 127. The number of anilines is 1. The Bertz CT molecular complexity index is 744. The number of hydrogen-bond acceptors (Lipinski definition) is 4. The van der Waals surface area contributed by atoms with Gasteiger partial charge in [0.2, 0.25) is 0 Å². The van der Waals surface area contributed by atoms with Crippen LogP contribution in [-0.4, -0.2) is 36.5 Å². The number of fused-ring (bicyclic) bond motifs is 1. The number of amides is 1. The Hall–Kier alpha value is -1.77. The predicted octanol–water partition coefficient (Wildman–Crippen LogP) is 2.30. The Balaban J connectivity index is 1.95. The van der Waals surface area contributed by atoms with Crippen LogP contribution in [0, 0.1) is 3.57 Å². The summed E-state index contributed by atoms with van der Waals surface area (Å²) in [5, 5.41) is 11.9. The van der Waals surface area contributed by atoms with E-state index in [-0.39, 0.29) is 12.5 Å². The van der Waals surface area contributed by atoms with Gasteiger partial charge in [0.15, 0.2) is 0 Å². The fraction of sp³-hybridized carbons (Fsp3) is 0.176. The number of aliphatic imine (C=N–C) groups is 1. The van der Waals surface area contributed by atoms with Crippen molar-refractivity contribution in [1.29, 1.82) is 0 Å². The maximum Gasteiger partial charge on any atom is 0.278 e. The van der Waals surface area contributed by atoms with Crippen molar-refractivity contribution in [3.8, 4) is 0 Å². The molecule has 6 heteroatoms. The van der Waals surface area contributed by atoms with Crippen molar-refractivity contribution in [3.63, 3.8) is 0 Å². The van der Waals surface area contributed by atoms with Crippen LogP contribution in [0.5, 0.6) is 0 Å². The molecule has 2 aromatic carbocycles. The van der Waals surface area contributed by atoms with Crippen LogP contribution in [0.1, 0.15) is 5.56 Å². The van der Waals surface area contributed by atoms with Crippen LogP contribution in [0.15, 0.2) is 53.5 Å². The number of nitrogens with one attached hydrogen (secondary N) is 1. The Labute approximate surface area is 148 Å². The molecule has 2 N–H and O–H groups in total. The number of aliphatic hydroxyl groups is 1. The molecular weight excluding hydrogens is 405 g/mol. The molecule has 0 bridgehead atoms. The Kier molecular flexibility index (Phi) is 5.04. The summed E-state index contributed by atoms with van der Waals surface area (Å²) in [5.74, 6) is -0.129. The topological polar surface area (TPSA) is 64.9 Å². The Morgan fingerprint density at radius 2 is 1.87 bits per heavy atom. The Morgan fingerprint density at radius 1 is 1.13 bits per heavy atom. The third kappa shape index (κ3) is 3.44. The van der Waals surface area contributed by atoms with Crippen molar-refractivity contribution in [1.82, 2.24) is 5.32 Å². The van der Waals surface area contributed by atoms with E-state index < -0.39 is 0 Å². The minimum Gasteiger partial charge on any atom is -0.395 e. The zero-order valence-electron chi connectivity index (χ0n) is 12.4. The van der Waals surface area contributed by atoms with Gasteiger partial charge in [0.25, 0.3) is 5.91 Å². The first-order chi connectivity index (χ1) is 11.2. The molecule has 1 amide bonds. The maximum absolute atomic E-state index is 12.7. The van der Waals surface area contributed by atoms with Crippen LogP contribution in [0.3, 0.4) is 0 Å². The first kappa shape index (κ1) is 16.1. The molecule has 1 heterocycles. The number of rotatable bonds is 5. The molecule has 0 saturated heterocycles. The average Bonchev–Trinajstić information content (AvgIpc) is 2.83. The average molecular weight is 421 g/mol. The monoisotopic (exact) mass is 421 g/mol. The van der Waals surface area contributed by atoms with Crippen LogP contribution in [0.25, 0.3) is 0 Å². The van der Waals surface area contributed by atoms with Gasteiger partial charge in [-0.15, -0.1) is 0 Å². The highest BCUT2D eigenvalue weighted by Crippen LogP contribution is 2.30. The first-order valence-corrected chi connectivity index (χ1v) is 8.35. The van der Waals surface area contributed by atoms with Gasteiger partial charge in [-0.05, 0) is 52.9 Å². The van der Waals surface area contributed by atoms with E-state index >= 15 is 0 Å². The van der Waals surface area contributed by atoms with Crippen molar-refractivity contribution in [2.75, 3.05) is 24.7 Å². The summed E-state index contributed by atoms with van der Waals surface area (Å²) in [7, 11) is 0. The van der Waals surface area contributed by atoms with Crippen molar-refractivity contribution in [3.05, 3.63) is 57.7 Å². The number of nitrogens with zero attached hydrogens (tertiary/aromatic N) is 2. The van der Waals surface area contributed by atoms with Gasteiger partial charge in [-0.2, -0.15) is 0 Å². The van der Waals surface area contributed by atoms with Gasteiger partial charge in [0.1, 0.15) is 5.71 Å². The third-order valence-corrected chi connectivity index (χ3v) is 4.24. The number of carbonyl (C=O) groups is 1. The van der Waals surface area contributed by atoms with Crippen molar-refractivity contribution < 1.29 is 9.90 Å². The molecule has 0 radical (unpaired) electrons. The summed E-state index contributed by atoms with van der Waals surface area (Å²) in [6.07, 6.45) is 0. The SMILES string of the molecule is O=C1C(=Nc2ccc(I)cc2)c2ccccc2N1CNCCO. The summed E-state index contributed by atoms with van der Waals surface area (Å²) in [4.78, 5) is 18.9. The molecule has 118 valence electrons. The van der Waals surface area contributed by atoms with E-state index in [2.05, 4.69) is 32.9 Å². The molecule has 0 spiro atoms. The highest BCUT2D eigenvalue weighted by Gasteiger charge is 2.33. The molecule has 0 unspecified atom stereocenters. The molecule has 1 aliphatic rings. The summed E-state index contributed by atoms with van der Waals surface area (Å²) < 4.78 is 1.12. The van der Waals surface area contributed by atoms with Crippen LogP contribution < -0.4 is 10.2 Å². The van der Waals surface area contributed by atoms with Gasteiger partial charge in [0, 0.05) is 15.7 Å². The lowest BCUT2D eigenvalue weighted by molar-refractivity contribution is -0.112. The predicted molar refractivity (Wildman–Crippen MR) is 99.2 cm³/mol. The van der Waals surface area contributed by atoms with Gasteiger partial charge in [0.05, 0.1) is 24.7 Å². The van der Waals surface area contributed by atoms with Crippen molar-refractivity contribution in [2.24, 2.45) is 4.99 Å². The van der Waals surface area contributed by atoms with Gasteiger partial charge < -0.3 is 5.11 Å². The lowest BCUT2D eigenvalue weighted by atomic mass is 10.1. The molecule has 1 aliphatic heterocycles. The lowest BCUT2D eigenvalue weighted by Crippen LogP contribution is -2.39. The number of para-hydroxylation sites is 1. The van der Waals surface area contributed by atoms with Crippen LogP contribution in [0.4, 0.5) is 11.4 Å². The molecule has 0 fully saturated rings. The molecule has 0 aromatic heterocycles. The normalized spacial score (nSPS) is 15.3. The number of benzene rings is 2. The highest BCUT2D eigenvalue weighted by molar-refractivity contribution is 14.1. The minimum absolute atomic E-state index is 0.0350. The zero-order chi connectivity index (χ0) is 16.2. The maximum atomic E-state index is 12.7. The second-order valence-corrected chi connectivity index (χ2v) is 6.31. The summed E-state index contributed by atoms with van der Waals surface area (Å²) in [5.41, 5.74) is 2.88. The molecule has 3 rings (SSSR count). The first-order valence-electron chi connectivity index (χ1n) is 7.28. The largest absolute Gasteiger partial charge is 0.395 e. The van der Waals surface area contributed by atoms with Crippen molar-refractivity contribution in [2.45, 2.75) is 0 Å². The van der Waals surface area contributed by atoms with E-state index in [0.717, 1.165) is 20.5 Å². The summed E-state index contributed by atoms with van der Waals surface area (Å²) in [6.45, 7) is 0.824. The third-order valence-electron chi connectivity index (χ3n) is 3.52. The molecule has 23 heavy (non-hydrogen) atoms. The van der Waals surface area contributed by atoms with Gasteiger partial charge in [-0.3, -0.25) is 15.0 Å². The van der Waals surface area contributed by atoms with E-state index in [1.54, 1.807) is 4.90 Å². The van der Waals surface area contributed by atoms with Crippen LogP contribution >= 0.6 is 22.6 Å².